The van der Waals surface area contributed by atoms with Gasteiger partial charge in [-0.15, -0.1) is 15.3 Å². The van der Waals surface area contributed by atoms with Gasteiger partial charge in [0.25, 0.3) is 0 Å². The summed E-state index contributed by atoms with van der Waals surface area (Å²) in [4.78, 5) is 0. The number of tetrazole rings is 1. The number of aromatic nitrogens is 7. The Hall–Kier alpha value is -2.95. The molecule has 0 aliphatic rings. The number of nitrogens with zero attached hydrogens (tertiary/aromatic N) is 7. The first-order chi connectivity index (χ1) is 12.5. The van der Waals surface area contributed by atoms with Gasteiger partial charge in [-0.05, 0) is 34.7 Å². The van der Waals surface area contributed by atoms with E-state index in [0.29, 0.717) is 22.4 Å². The molecule has 0 aliphatic carbocycles. The lowest BCUT2D eigenvalue weighted by Gasteiger charge is -2.07. The van der Waals surface area contributed by atoms with E-state index in [2.05, 4.69) is 25.7 Å². The molecule has 0 saturated carbocycles. The number of alkyl halides is 3. The van der Waals surface area contributed by atoms with Crippen molar-refractivity contribution in [1.82, 2.24) is 34.8 Å². The summed E-state index contributed by atoms with van der Waals surface area (Å²) in [6.45, 7) is 0. The summed E-state index contributed by atoms with van der Waals surface area (Å²) in [5.74, 6) is 0.865. The van der Waals surface area contributed by atoms with Crippen LogP contribution in [0.3, 0.4) is 0 Å². The van der Waals surface area contributed by atoms with Gasteiger partial charge in [-0.2, -0.15) is 17.9 Å². The molecule has 4 aromatic rings. The summed E-state index contributed by atoms with van der Waals surface area (Å²) in [6, 6.07) is 11.6. The van der Waals surface area contributed by atoms with Crippen LogP contribution >= 0.6 is 11.8 Å². The maximum absolute atomic E-state index is 12.9. The normalized spacial score (nSPS) is 12.0. The van der Waals surface area contributed by atoms with Gasteiger partial charge in [0, 0.05) is 6.20 Å². The van der Waals surface area contributed by atoms with E-state index in [0.717, 1.165) is 18.0 Å². The van der Waals surface area contributed by atoms with Gasteiger partial charge in [0.15, 0.2) is 16.6 Å². The van der Waals surface area contributed by atoms with Crippen molar-refractivity contribution in [2.45, 2.75) is 17.1 Å². The SMILES string of the molecule is FC(F)(F)c1ccc2nnc(SCc3nnnn3-c3ccccc3)n2c1. The number of hydrogen-bond donors (Lipinski definition) is 0. The molecule has 1 aromatic carbocycles. The van der Waals surface area contributed by atoms with E-state index >= 15 is 0 Å². The van der Waals surface area contributed by atoms with E-state index in [4.69, 9.17) is 0 Å². The summed E-state index contributed by atoms with van der Waals surface area (Å²) >= 11 is 1.20. The standard InChI is InChI=1S/C15H10F3N7S/c16-15(17,18)10-6-7-12-19-21-14(24(12)8-10)26-9-13-20-22-23-25(13)11-4-2-1-3-5-11/h1-8H,9H2. The third kappa shape index (κ3) is 3.12. The third-order valence-corrected chi connectivity index (χ3v) is 4.50. The molecule has 0 bridgehead atoms. The number of pyridine rings is 1. The maximum Gasteiger partial charge on any atom is 0.417 e. The molecule has 0 fully saturated rings. The van der Waals surface area contributed by atoms with Crippen molar-refractivity contribution in [3.8, 4) is 5.69 Å². The Labute approximate surface area is 148 Å². The molecule has 0 atom stereocenters. The van der Waals surface area contributed by atoms with Crippen LogP contribution in [0.5, 0.6) is 0 Å². The first-order valence-corrected chi connectivity index (χ1v) is 8.38. The van der Waals surface area contributed by atoms with Crippen molar-refractivity contribution in [3.05, 3.63) is 60.0 Å². The number of benzene rings is 1. The van der Waals surface area contributed by atoms with Crippen molar-refractivity contribution in [2.24, 2.45) is 0 Å². The van der Waals surface area contributed by atoms with Crippen LogP contribution in [0.15, 0.2) is 53.8 Å². The molecule has 26 heavy (non-hydrogen) atoms. The van der Waals surface area contributed by atoms with Crippen LogP contribution in [0.2, 0.25) is 0 Å². The van der Waals surface area contributed by atoms with Crippen LogP contribution < -0.4 is 0 Å². The monoisotopic (exact) mass is 377 g/mol. The number of halogens is 3. The predicted octanol–water partition coefficient (Wildman–Crippen LogP) is 3.02. The Kier molecular flexibility index (Phi) is 4.07. The van der Waals surface area contributed by atoms with Crippen molar-refractivity contribution >= 4 is 17.4 Å². The molecule has 0 radical (unpaired) electrons. The Bertz CT molecular complexity index is 1040. The lowest BCUT2D eigenvalue weighted by atomic mass is 10.3. The number of fused-ring (bicyclic) bond motifs is 1. The Morgan fingerprint density at radius 2 is 1.77 bits per heavy atom. The van der Waals surface area contributed by atoms with E-state index in [1.165, 1.54) is 22.2 Å². The van der Waals surface area contributed by atoms with Crippen molar-refractivity contribution < 1.29 is 13.2 Å². The largest absolute Gasteiger partial charge is 0.417 e. The summed E-state index contributed by atoms with van der Waals surface area (Å²) < 4.78 is 41.6. The smallest absolute Gasteiger partial charge is 0.277 e. The van der Waals surface area contributed by atoms with Gasteiger partial charge in [0.2, 0.25) is 0 Å². The van der Waals surface area contributed by atoms with E-state index < -0.39 is 11.7 Å². The number of para-hydroxylation sites is 1. The summed E-state index contributed by atoms with van der Waals surface area (Å²) in [5, 5.41) is 19.8. The molecule has 0 saturated heterocycles. The highest BCUT2D eigenvalue weighted by Crippen LogP contribution is 2.30. The predicted molar refractivity (Wildman–Crippen MR) is 86.7 cm³/mol. The van der Waals surface area contributed by atoms with E-state index in [9.17, 15) is 13.2 Å². The van der Waals surface area contributed by atoms with Crippen LogP contribution in [-0.2, 0) is 11.9 Å². The zero-order chi connectivity index (χ0) is 18.1. The Morgan fingerprint density at radius 1 is 0.962 bits per heavy atom. The second-order valence-corrected chi connectivity index (χ2v) is 6.20. The lowest BCUT2D eigenvalue weighted by molar-refractivity contribution is -0.137. The lowest BCUT2D eigenvalue weighted by Crippen LogP contribution is -2.06. The van der Waals surface area contributed by atoms with Crippen LogP contribution in [0.4, 0.5) is 13.2 Å². The second-order valence-electron chi connectivity index (χ2n) is 5.26. The molecule has 0 unspecified atom stereocenters. The summed E-state index contributed by atoms with van der Waals surface area (Å²) in [7, 11) is 0. The molecule has 3 heterocycles. The fraction of sp³-hybridized carbons (Fsp3) is 0.133. The second kappa shape index (κ2) is 6.41. The van der Waals surface area contributed by atoms with Crippen LogP contribution in [-0.4, -0.2) is 34.8 Å². The number of rotatable bonds is 4. The molecule has 0 aliphatic heterocycles. The zero-order valence-corrected chi connectivity index (χ0v) is 13.8. The Morgan fingerprint density at radius 3 is 2.54 bits per heavy atom. The van der Waals surface area contributed by atoms with Crippen molar-refractivity contribution in [1.29, 1.82) is 0 Å². The minimum atomic E-state index is -4.43. The highest BCUT2D eigenvalue weighted by Gasteiger charge is 2.31. The molecule has 0 N–H and O–H groups in total. The highest BCUT2D eigenvalue weighted by atomic mass is 32.2. The average Bonchev–Trinajstić information content (AvgIpc) is 3.26. The van der Waals surface area contributed by atoms with Gasteiger partial charge in [-0.25, -0.2) is 0 Å². The zero-order valence-electron chi connectivity index (χ0n) is 13.0. The summed E-state index contributed by atoms with van der Waals surface area (Å²) in [5.41, 5.74) is 0.363. The molecule has 0 amide bonds. The molecule has 132 valence electrons. The molecule has 11 heteroatoms. The van der Waals surface area contributed by atoms with Gasteiger partial charge < -0.3 is 0 Å². The topological polar surface area (TPSA) is 73.8 Å². The maximum atomic E-state index is 12.9. The molecule has 4 rings (SSSR count). The fourth-order valence-corrected chi connectivity index (χ4v) is 3.15. The number of hydrogen-bond acceptors (Lipinski definition) is 6. The van der Waals surface area contributed by atoms with E-state index in [1.807, 2.05) is 30.3 Å². The van der Waals surface area contributed by atoms with Gasteiger partial charge in [-0.1, -0.05) is 30.0 Å². The highest BCUT2D eigenvalue weighted by molar-refractivity contribution is 7.98. The molecular weight excluding hydrogens is 367 g/mol. The quantitative estimate of drug-likeness (QED) is 0.509. The first kappa shape index (κ1) is 16.5. The third-order valence-electron chi connectivity index (χ3n) is 3.56. The van der Waals surface area contributed by atoms with Crippen molar-refractivity contribution in [2.75, 3.05) is 0 Å². The molecule has 0 spiro atoms. The van der Waals surface area contributed by atoms with E-state index in [1.54, 1.807) is 4.68 Å². The van der Waals surface area contributed by atoms with Gasteiger partial charge >= 0.3 is 6.18 Å². The first-order valence-electron chi connectivity index (χ1n) is 7.40. The number of thioether (sulfide) groups is 1. The molecule has 7 nitrogen and oxygen atoms in total. The summed E-state index contributed by atoms with van der Waals surface area (Å²) in [6.07, 6.45) is -3.45. The Balaban J connectivity index is 1.61. The minimum Gasteiger partial charge on any atom is -0.277 e. The average molecular weight is 377 g/mol. The van der Waals surface area contributed by atoms with Gasteiger partial charge in [0.1, 0.15) is 0 Å². The van der Waals surface area contributed by atoms with Crippen LogP contribution in [0.25, 0.3) is 11.3 Å². The molecule has 3 aromatic heterocycles. The minimum absolute atomic E-state index is 0.318. The fourth-order valence-electron chi connectivity index (χ4n) is 2.33. The van der Waals surface area contributed by atoms with Crippen molar-refractivity contribution in [3.63, 3.8) is 0 Å². The van der Waals surface area contributed by atoms with Gasteiger partial charge in [0.05, 0.1) is 17.0 Å². The van der Waals surface area contributed by atoms with Crippen LogP contribution in [0.1, 0.15) is 11.4 Å². The molecular formula is C15H10F3N7S. The van der Waals surface area contributed by atoms with Gasteiger partial charge in [-0.3, -0.25) is 4.40 Å². The van der Waals surface area contributed by atoms with E-state index in [-0.39, 0.29) is 0 Å². The van der Waals surface area contributed by atoms with Crippen LogP contribution in [0, 0.1) is 0 Å².